The molecule has 2 amide bonds. The maximum Gasteiger partial charge on any atom is 0.430 e. The highest BCUT2D eigenvalue weighted by molar-refractivity contribution is 6.59. The summed E-state index contributed by atoms with van der Waals surface area (Å²) in [5, 5.41) is 29.1. The zero-order valence-electron chi connectivity index (χ0n) is 15.6. The number of aromatic carboxylic acids is 1. The Balaban J connectivity index is 1.63. The van der Waals surface area contributed by atoms with Crippen molar-refractivity contribution in [1.29, 1.82) is 0 Å². The van der Waals surface area contributed by atoms with E-state index in [4.69, 9.17) is 20.9 Å². The minimum absolute atomic E-state index is 0.0225. The van der Waals surface area contributed by atoms with Crippen LogP contribution in [0.2, 0.25) is 6.32 Å². The molecule has 29 heavy (non-hydrogen) atoms. The summed E-state index contributed by atoms with van der Waals surface area (Å²) in [6.07, 6.45) is 0.0314. The van der Waals surface area contributed by atoms with Crippen molar-refractivity contribution in [2.24, 2.45) is 11.5 Å². The Bertz CT molecular complexity index is 840. The van der Waals surface area contributed by atoms with Crippen LogP contribution < -0.4 is 20.9 Å². The summed E-state index contributed by atoms with van der Waals surface area (Å²) in [6, 6.07) is 2.24. The normalized spacial score (nSPS) is 18.8. The number of primary amides is 1. The molecule has 12 heteroatoms. The molecule has 0 bridgehead atoms. The van der Waals surface area contributed by atoms with Crippen molar-refractivity contribution in [1.82, 2.24) is 4.90 Å². The van der Waals surface area contributed by atoms with E-state index in [-0.39, 0.29) is 61.6 Å². The number of aryl methyl sites for hydroxylation is 1. The molecule has 0 aromatic heterocycles. The molecule has 3 rings (SSSR count). The van der Waals surface area contributed by atoms with Crippen molar-refractivity contribution in [3.05, 3.63) is 23.3 Å². The first kappa shape index (κ1) is 20.9. The number of benzene rings is 1. The molecule has 1 aromatic carbocycles. The van der Waals surface area contributed by atoms with Crippen LogP contribution >= 0.6 is 0 Å². The molecule has 0 aliphatic carbocycles. The fourth-order valence-electron chi connectivity index (χ4n) is 3.31. The van der Waals surface area contributed by atoms with Gasteiger partial charge in [-0.3, -0.25) is 9.59 Å². The Labute approximate surface area is 166 Å². The molecule has 0 spiro atoms. The maximum absolute atomic E-state index is 12.1. The van der Waals surface area contributed by atoms with Crippen molar-refractivity contribution in [2.75, 3.05) is 13.1 Å². The van der Waals surface area contributed by atoms with Crippen LogP contribution in [0.4, 0.5) is 0 Å². The summed E-state index contributed by atoms with van der Waals surface area (Å²) in [6.45, 7) is -2.63. The lowest BCUT2D eigenvalue weighted by Crippen LogP contribution is -2.56. The van der Waals surface area contributed by atoms with Gasteiger partial charge in [0.05, 0.1) is 24.9 Å². The number of carboxylic acids is 1. The largest absolute Gasteiger partial charge is 0.669 e. The third-order valence-electron chi connectivity index (χ3n) is 5.04. The van der Waals surface area contributed by atoms with Gasteiger partial charge in [0.1, 0.15) is 17.4 Å². The van der Waals surface area contributed by atoms with Gasteiger partial charge in [-0.2, -0.15) is 0 Å². The molecule has 1 saturated heterocycles. The van der Waals surface area contributed by atoms with E-state index in [9.17, 15) is 29.5 Å². The lowest BCUT2D eigenvalue weighted by Gasteiger charge is -2.40. The van der Waals surface area contributed by atoms with Crippen molar-refractivity contribution in [2.45, 2.75) is 37.7 Å². The van der Waals surface area contributed by atoms with Gasteiger partial charge in [-0.15, -0.1) is 0 Å². The zero-order chi connectivity index (χ0) is 21.3. The zero-order valence-corrected chi connectivity index (χ0v) is 15.6. The number of rotatable bonds is 7. The van der Waals surface area contributed by atoms with E-state index in [1.165, 1.54) is 11.0 Å². The van der Waals surface area contributed by atoms with E-state index in [1.807, 2.05) is 0 Å². The average molecular weight is 408 g/mol. The van der Waals surface area contributed by atoms with E-state index in [2.05, 4.69) is 0 Å². The monoisotopic (exact) mass is 408 g/mol. The standard InChI is InChI=1S/C17H23BN3O8/c19-11(16(20)23)2-4-13(22)21-7-10(8-21)28-12-3-1-9-5-6-18(26,27)29-15(9)14(12)17(24)25/h1,3,10-11,26-27H,2,4-8,19H2,(H2,20,23)(H,24,25)/q-1. The predicted octanol–water partition coefficient (Wildman–Crippen LogP) is -1.57. The van der Waals surface area contributed by atoms with Gasteiger partial charge in [-0.1, -0.05) is 12.4 Å². The summed E-state index contributed by atoms with van der Waals surface area (Å²) >= 11 is 0. The number of nitrogens with zero attached hydrogens (tertiary/aromatic N) is 1. The van der Waals surface area contributed by atoms with E-state index in [1.54, 1.807) is 6.07 Å². The van der Waals surface area contributed by atoms with Gasteiger partial charge in [-0.25, -0.2) is 4.79 Å². The highest BCUT2D eigenvalue weighted by atomic mass is 16.6. The maximum atomic E-state index is 12.1. The molecule has 1 aromatic rings. The number of ether oxygens (including phenoxy) is 1. The molecule has 2 aliphatic rings. The molecule has 2 aliphatic heterocycles. The minimum atomic E-state index is -3.12. The van der Waals surface area contributed by atoms with Gasteiger partial charge >= 0.3 is 12.7 Å². The molecular formula is C17H23BN3O8-. The fraction of sp³-hybridized carbons (Fsp3) is 0.471. The number of carbonyl (C=O) groups excluding carboxylic acids is 2. The van der Waals surface area contributed by atoms with Crippen LogP contribution in [0.5, 0.6) is 11.5 Å². The summed E-state index contributed by atoms with van der Waals surface area (Å²) < 4.78 is 10.8. The fourth-order valence-corrected chi connectivity index (χ4v) is 3.31. The van der Waals surface area contributed by atoms with Gasteiger partial charge in [-0.05, 0) is 24.5 Å². The SMILES string of the molecule is NC(=O)C(N)CCC(=O)N1CC(Oc2ccc3c(c2C(=O)O)O[B-](O)(O)CC3)C1. The Morgan fingerprint density at radius 3 is 2.62 bits per heavy atom. The Morgan fingerprint density at radius 2 is 2.00 bits per heavy atom. The van der Waals surface area contributed by atoms with Crippen molar-refractivity contribution in [3.8, 4) is 11.5 Å². The summed E-state index contributed by atoms with van der Waals surface area (Å²) in [4.78, 5) is 36.2. The van der Waals surface area contributed by atoms with E-state index >= 15 is 0 Å². The topological polar surface area (TPSA) is 186 Å². The first-order valence-electron chi connectivity index (χ1n) is 9.25. The lowest BCUT2D eigenvalue weighted by atomic mass is 9.70. The first-order chi connectivity index (χ1) is 13.6. The molecule has 158 valence electrons. The smallest absolute Gasteiger partial charge is 0.430 e. The molecule has 1 fully saturated rings. The van der Waals surface area contributed by atoms with Crippen molar-refractivity contribution >= 4 is 24.5 Å². The molecular weight excluding hydrogens is 385 g/mol. The number of fused-ring (bicyclic) bond motifs is 1. The molecule has 11 nitrogen and oxygen atoms in total. The first-order valence-corrected chi connectivity index (χ1v) is 9.25. The van der Waals surface area contributed by atoms with Gasteiger partial charge in [0.25, 0.3) is 0 Å². The Morgan fingerprint density at radius 1 is 1.31 bits per heavy atom. The molecule has 2 heterocycles. The summed E-state index contributed by atoms with van der Waals surface area (Å²) in [5.41, 5.74) is 10.8. The van der Waals surface area contributed by atoms with E-state index in [0.29, 0.717) is 5.56 Å². The number of amides is 2. The second kappa shape index (κ2) is 7.89. The average Bonchev–Trinajstić information content (AvgIpc) is 2.60. The highest BCUT2D eigenvalue weighted by Gasteiger charge is 2.36. The van der Waals surface area contributed by atoms with E-state index in [0.717, 1.165) is 0 Å². The molecule has 0 radical (unpaired) electrons. The van der Waals surface area contributed by atoms with Crippen LogP contribution in [-0.2, 0) is 16.0 Å². The van der Waals surface area contributed by atoms with Crippen LogP contribution in [-0.4, -0.2) is 69.8 Å². The van der Waals surface area contributed by atoms with Crippen LogP contribution in [0, 0.1) is 0 Å². The number of hydrogen-bond donors (Lipinski definition) is 5. The van der Waals surface area contributed by atoms with Crippen LogP contribution in [0.3, 0.4) is 0 Å². The number of hydrogen-bond acceptors (Lipinski definition) is 8. The molecule has 1 unspecified atom stereocenters. The van der Waals surface area contributed by atoms with Crippen LogP contribution in [0.15, 0.2) is 12.1 Å². The van der Waals surface area contributed by atoms with Gasteiger partial charge in [0.2, 0.25) is 11.8 Å². The molecule has 0 saturated carbocycles. The summed E-state index contributed by atoms with van der Waals surface area (Å²) in [5.74, 6) is -2.29. The van der Waals surface area contributed by atoms with E-state index < -0.39 is 30.8 Å². The molecule has 1 atom stereocenters. The van der Waals surface area contributed by atoms with Gasteiger partial charge in [0.15, 0.2) is 0 Å². The third kappa shape index (κ3) is 4.61. The quantitative estimate of drug-likeness (QED) is 0.332. The predicted molar refractivity (Wildman–Crippen MR) is 100 cm³/mol. The van der Waals surface area contributed by atoms with Crippen molar-refractivity contribution in [3.63, 3.8) is 0 Å². The lowest BCUT2D eigenvalue weighted by molar-refractivity contribution is -0.140. The Kier molecular flexibility index (Phi) is 5.69. The van der Waals surface area contributed by atoms with Crippen LogP contribution in [0.25, 0.3) is 0 Å². The minimum Gasteiger partial charge on any atom is -0.669 e. The third-order valence-corrected chi connectivity index (χ3v) is 5.04. The van der Waals surface area contributed by atoms with Gasteiger partial charge < -0.3 is 40.9 Å². The second-order valence-electron chi connectivity index (χ2n) is 7.33. The number of likely N-dealkylation sites (tertiary alicyclic amines) is 1. The summed E-state index contributed by atoms with van der Waals surface area (Å²) in [7, 11) is 0. The van der Waals surface area contributed by atoms with Crippen LogP contribution in [0.1, 0.15) is 28.8 Å². The Hall–Kier alpha value is -2.83. The number of carbonyl (C=O) groups is 3. The van der Waals surface area contributed by atoms with Gasteiger partial charge in [0, 0.05) is 6.42 Å². The van der Waals surface area contributed by atoms with Crippen molar-refractivity contribution < 1.29 is 38.9 Å². The number of carboxylic acid groups (broad SMARTS) is 1. The number of nitrogens with two attached hydrogens (primary N) is 2. The molecule has 7 N–H and O–H groups in total. The second-order valence-corrected chi connectivity index (χ2v) is 7.33. The highest BCUT2D eigenvalue weighted by Crippen LogP contribution is 2.38.